The molecule has 2 rings (SSSR count). The summed E-state index contributed by atoms with van der Waals surface area (Å²) in [6.07, 6.45) is 2.70. The van der Waals surface area contributed by atoms with Crippen molar-refractivity contribution in [2.45, 2.75) is 19.3 Å². The van der Waals surface area contributed by atoms with Crippen molar-refractivity contribution in [3.8, 4) is 11.5 Å². The van der Waals surface area contributed by atoms with Crippen LogP contribution in [0, 0.1) is 0 Å². The van der Waals surface area contributed by atoms with Gasteiger partial charge in [0.25, 0.3) is 0 Å². The predicted octanol–water partition coefficient (Wildman–Crippen LogP) is 4.48. The van der Waals surface area contributed by atoms with Crippen LogP contribution in [-0.2, 0) is 9.59 Å². The average molecular weight is 506 g/mol. The summed E-state index contributed by atoms with van der Waals surface area (Å²) in [4.78, 5) is 23.6. The Morgan fingerprint density at radius 2 is 1.16 bits per heavy atom. The van der Waals surface area contributed by atoms with Gasteiger partial charge < -0.3 is 10.2 Å². The van der Waals surface area contributed by atoms with E-state index in [1.807, 2.05) is 0 Å². The fourth-order valence-electron chi connectivity index (χ4n) is 2.24. The molecule has 0 saturated carbocycles. The van der Waals surface area contributed by atoms with E-state index < -0.39 is 11.8 Å². The van der Waals surface area contributed by atoms with E-state index in [1.54, 1.807) is 0 Å². The molecule has 0 aliphatic heterocycles. The molecule has 0 aromatic heterocycles. The highest BCUT2D eigenvalue weighted by atomic mass is 35.5. The molecule has 4 N–H and O–H groups in total. The van der Waals surface area contributed by atoms with Crippen molar-refractivity contribution < 1.29 is 19.8 Å². The van der Waals surface area contributed by atoms with Crippen molar-refractivity contribution >= 4 is 70.6 Å². The highest BCUT2D eigenvalue weighted by molar-refractivity contribution is 6.36. The summed E-state index contributed by atoms with van der Waals surface area (Å²) in [5.74, 6) is -1.29. The zero-order chi connectivity index (χ0) is 23.0. The molecule has 0 heterocycles. The van der Waals surface area contributed by atoms with Gasteiger partial charge in [-0.25, -0.2) is 10.9 Å². The SMILES string of the molecule is O=C(CCCC(=O)N/N=C/c1cc(Cl)cc(Cl)c1O)N/N=C\c1cc(Cl)cc(Cl)c1O. The smallest absolute Gasteiger partial charge is 0.240 e. The number of benzene rings is 2. The van der Waals surface area contributed by atoms with Crippen LogP contribution in [0.1, 0.15) is 30.4 Å². The maximum atomic E-state index is 11.8. The lowest BCUT2D eigenvalue weighted by atomic mass is 10.2. The van der Waals surface area contributed by atoms with Gasteiger partial charge in [-0.3, -0.25) is 9.59 Å². The van der Waals surface area contributed by atoms with Gasteiger partial charge in [0.2, 0.25) is 11.8 Å². The van der Waals surface area contributed by atoms with E-state index in [2.05, 4.69) is 21.1 Å². The molecule has 2 aromatic rings. The van der Waals surface area contributed by atoms with E-state index in [1.165, 1.54) is 36.7 Å². The molecule has 0 atom stereocenters. The number of amides is 2. The number of hydrogen-bond acceptors (Lipinski definition) is 6. The molecular formula is C19H16Cl4N4O4. The second-order valence-corrected chi connectivity index (χ2v) is 7.78. The Labute approximate surface area is 197 Å². The number of carbonyl (C=O) groups excluding carboxylic acids is 2. The second kappa shape index (κ2) is 11.8. The van der Waals surface area contributed by atoms with Crippen molar-refractivity contribution in [2.24, 2.45) is 10.2 Å². The summed E-state index contributed by atoms with van der Waals surface area (Å²) in [7, 11) is 0. The maximum absolute atomic E-state index is 11.8. The third-order valence-corrected chi connectivity index (χ3v) is 4.72. The van der Waals surface area contributed by atoms with Crippen LogP contribution < -0.4 is 10.9 Å². The zero-order valence-corrected chi connectivity index (χ0v) is 18.7. The van der Waals surface area contributed by atoms with E-state index >= 15 is 0 Å². The van der Waals surface area contributed by atoms with Gasteiger partial charge in [0.15, 0.2) is 0 Å². The number of rotatable bonds is 8. The lowest BCUT2D eigenvalue weighted by Gasteiger charge is -2.03. The summed E-state index contributed by atoms with van der Waals surface area (Å²) >= 11 is 23.3. The second-order valence-electron chi connectivity index (χ2n) is 6.09. The first kappa shape index (κ1) is 24.7. The lowest BCUT2D eigenvalue weighted by molar-refractivity contribution is -0.122. The van der Waals surface area contributed by atoms with Crippen molar-refractivity contribution in [3.63, 3.8) is 0 Å². The number of aromatic hydroxyl groups is 2. The molecule has 31 heavy (non-hydrogen) atoms. The number of phenolic OH excluding ortho intramolecular Hbond substituents is 2. The Kier molecular flexibility index (Phi) is 9.39. The first-order chi connectivity index (χ1) is 14.7. The first-order valence-electron chi connectivity index (χ1n) is 8.67. The summed E-state index contributed by atoms with van der Waals surface area (Å²) in [6.45, 7) is 0. The summed E-state index contributed by atoms with van der Waals surface area (Å²) in [5.41, 5.74) is 5.02. The molecular weight excluding hydrogens is 490 g/mol. The lowest BCUT2D eigenvalue weighted by Crippen LogP contribution is -2.20. The van der Waals surface area contributed by atoms with Crippen LogP contribution >= 0.6 is 46.4 Å². The van der Waals surface area contributed by atoms with Crippen molar-refractivity contribution in [3.05, 3.63) is 55.5 Å². The summed E-state index contributed by atoms with van der Waals surface area (Å²) in [6, 6.07) is 5.60. The molecule has 0 aliphatic rings. The van der Waals surface area contributed by atoms with E-state index in [4.69, 9.17) is 46.4 Å². The number of carbonyl (C=O) groups is 2. The third-order valence-electron chi connectivity index (χ3n) is 3.71. The molecule has 164 valence electrons. The number of nitrogens with zero attached hydrogens (tertiary/aromatic N) is 2. The topological polar surface area (TPSA) is 123 Å². The van der Waals surface area contributed by atoms with Crippen molar-refractivity contribution in [1.29, 1.82) is 0 Å². The van der Waals surface area contributed by atoms with Gasteiger partial charge in [-0.15, -0.1) is 0 Å². The van der Waals surface area contributed by atoms with Gasteiger partial charge in [0, 0.05) is 34.0 Å². The Morgan fingerprint density at radius 3 is 1.55 bits per heavy atom. The molecule has 2 amide bonds. The highest BCUT2D eigenvalue weighted by Gasteiger charge is 2.08. The molecule has 0 saturated heterocycles. The summed E-state index contributed by atoms with van der Waals surface area (Å²) in [5, 5.41) is 27.8. The number of phenols is 2. The maximum Gasteiger partial charge on any atom is 0.240 e. The van der Waals surface area contributed by atoms with Crippen LogP contribution in [0.5, 0.6) is 11.5 Å². The molecule has 0 aliphatic carbocycles. The van der Waals surface area contributed by atoms with Gasteiger partial charge in [-0.1, -0.05) is 46.4 Å². The summed E-state index contributed by atoms with van der Waals surface area (Å²) < 4.78 is 0. The minimum Gasteiger partial charge on any atom is -0.506 e. The van der Waals surface area contributed by atoms with Crippen LogP contribution in [0.4, 0.5) is 0 Å². The molecule has 12 heteroatoms. The normalized spacial score (nSPS) is 11.2. The van der Waals surface area contributed by atoms with Crippen LogP contribution in [0.25, 0.3) is 0 Å². The van der Waals surface area contributed by atoms with E-state index in [9.17, 15) is 19.8 Å². The molecule has 0 spiro atoms. The number of hydrazone groups is 2. The minimum atomic E-state index is -0.432. The molecule has 0 radical (unpaired) electrons. The van der Waals surface area contributed by atoms with Gasteiger partial charge in [-0.2, -0.15) is 10.2 Å². The van der Waals surface area contributed by atoms with Gasteiger partial charge in [-0.05, 0) is 30.7 Å². The fourth-order valence-corrected chi connectivity index (χ4v) is 3.26. The zero-order valence-electron chi connectivity index (χ0n) is 15.7. The van der Waals surface area contributed by atoms with E-state index in [0.717, 1.165) is 0 Å². The number of hydrogen-bond donors (Lipinski definition) is 4. The number of halogens is 4. The van der Waals surface area contributed by atoms with Gasteiger partial charge in [0.05, 0.1) is 22.5 Å². The quantitative estimate of drug-likeness (QED) is 0.312. The largest absolute Gasteiger partial charge is 0.506 e. The Morgan fingerprint density at radius 1 is 0.774 bits per heavy atom. The van der Waals surface area contributed by atoms with Crippen molar-refractivity contribution in [2.75, 3.05) is 0 Å². The highest BCUT2D eigenvalue weighted by Crippen LogP contribution is 2.30. The standard InChI is InChI=1S/C19H16Cl4N4O4/c20-12-4-10(18(30)14(22)6-12)8-24-26-16(28)2-1-3-17(29)27-25-9-11-5-13(21)7-15(23)19(11)31/h4-9,30-31H,1-3H2,(H,26,28)(H,27,29)/b24-8-,25-9+. The van der Waals surface area contributed by atoms with Crippen LogP contribution in [0.15, 0.2) is 34.5 Å². The molecule has 0 bridgehead atoms. The van der Waals surface area contributed by atoms with E-state index in [0.29, 0.717) is 10.0 Å². The van der Waals surface area contributed by atoms with Crippen LogP contribution in [-0.4, -0.2) is 34.5 Å². The molecule has 8 nitrogen and oxygen atoms in total. The van der Waals surface area contributed by atoms with Gasteiger partial charge in [0.1, 0.15) is 11.5 Å². The Bertz CT molecular complexity index is 963. The Hall–Kier alpha value is -2.52. The first-order valence-corrected chi connectivity index (χ1v) is 10.2. The molecule has 2 aromatic carbocycles. The monoisotopic (exact) mass is 504 g/mol. The molecule has 0 unspecified atom stereocenters. The van der Waals surface area contributed by atoms with Crippen LogP contribution in [0.3, 0.4) is 0 Å². The average Bonchev–Trinajstić information content (AvgIpc) is 2.69. The third kappa shape index (κ3) is 7.91. The van der Waals surface area contributed by atoms with Gasteiger partial charge >= 0.3 is 0 Å². The fraction of sp³-hybridized carbons (Fsp3) is 0.158. The number of nitrogens with one attached hydrogen (secondary N) is 2. The minimum absolute atomic E-state index is 0.0292. The van der Waals surface area contributed by atoms with E-state index in [-0.39, 0.29) is 51.9 Å². The Balaban J connectivity index is 1.74. The molecule has 0 fully saturated rings. The van der Waals surface area contributed by atoms with Crippen LogP contribution in [0.2, 0.25) is 20.1 Å². The predicted molar refractivity (Wildman–Crippen MR) is 122 cm³/mol. The van der Waals surface area contributed by atoms with Crippen molar-refractivity contribution in [1.82, 2.24) is 10.9 Å².